The van der Waals surface area contributed by atoms with E-state index in [1.165, 1.54) is 44.9 Å². The average molecular weight is 614 g/mol. The topological polar surface area (TPSA) is 96.5 Å². The first-order valence-corrected chi connectivity index (χ1v) is 18.3. The van der Waals surface area contributed by atoms with Crippen molar-refractivity contribution in [3.8, 4) is 0 Å². The van der Waals surface area contributed by atoms with E-state index in [1.54, 1.807) is 6.33 Å². The highest BCUT2D eigenvalue weighted by atomic mass is 16.7. The van der Waals surface area contributed by atoms with Gasteiger partial charge >= 0.3 is 6.16 Å². The van der Waals surface area contributed by atoms with E-state index >= 15 is 0 Å². The van der Waals surface area contributed by atoms with Gasteiger partial charge in [-0.15, -0.1) is 0 Å². The lowest BCUT2D eigenvalue weighted by Crippen LogP contribution is -2.62. The molecule has 0 amide bonds. The van der Waals surface area contributed by atoms with Gasteiger partial charge in [-0.3, -0.25) is 5.32 Å². The van der Waals surface area contributed by atoms with E-state index in [9.17, 15) is 9.90 Å². The number of aliphatic hydroxyl groups is 1. The van der Waals surface area contributed by atoms with Crippen molar-refractivity contribution in [3.05, 3.63) is 18.2 Å². The van der Waals surface area contributed by atoms with E-state index in [4.69, 9.17) is 9.47 Å². The van der Waals surface area contributed by atoms with Gasteiger partial charge in [-0.1, -0.05) is 67.2 Å². The third kappa shape index (κ3) is 7.19. The summed E-state index contributed by atoms with van der Waals surface area (Å²) < 4.78 is 11.3. The first-order valence-electron chi connectivity index (χ1n) is 18.3. The van der Waals surface area contributed by atoms with Crippen molar-refractivity contribution < 1.29 is 19.4 Å². The fraction of sp³-hybridized carbons (Fsp3) is 0.892. The molecule has 7 nitrogen and oxygen atoms in total. The number of aromatic nitrogens is 2. The molecule has 1 aromatic rings. The largest absolute Gasteiger partial charge is 0.508 e. The van der Waals surface area contributed by atoms with Crippen LogP contribution in [0.15, 0.2) is 12.5 Å². The third-order valence-corrected chi connectivity index (χ3v) is 13.2. The van der Waals surface area contributed by atoms with Crippen molar-refractivity contribution in [1.82, 2.24) is 15.3 Å². The highest BCUT2D eigenvalue weighted by Crippen LogP contribution is 2.68. The van der Waals surface area contributed by atoms with Crippen molar-refractivity contribution in [3.63, 3.8) is 0 Å². The van der Waals surface area contributed by atoms with Gasteiger partial charge in [0.1, 0.15) is 12.3 Å². The molecule has 1 aromatic heterocycles. The van der Waals surface area contributed by atoms with Crippen LogP contribution in [0.25, 0.3) is 0 Å². The number of unbranched alkanes of at least 4 members (excludes halogenated alkanes) is 1. The summed E-state index contributed by atoms with van der Waals surface area (Å²) in [7, 11) is 0. The number of aliphatic hydroxyl groups excluding tert-OH is 1. The molecule has 0 saturated heterocycles. The van der Waals surface area contributed by atoms with E-state index in [1.807, 2.05) is 6.20 Å². The minimum atomic E-state index is -0.656. The second kappa shape index (κ2) is 14.4. The van der Waals surface area contributed by atoms with Crippen molar-refractivity contribution in [2.45, 2.75) is 150 Å². The summed E-state index contributed by atoms with van der Waals surface area (Å²) in [6, 6.07) is 0.183. The molecule has 7 heteroatoms. The minimum Gasteiger partial charge on any atom is -0.434 e. The van der Waals surface area contributed by atoms with Crippen LogP contribution in [0.1, 0.15) is 131 Å². The Morgan fingerprint density at radius 3 is 2.55 bits per heavy atom. The molecule has 0 bridgehead atoms. The zero-order chi connectivity index (χ0) is 31.5. The number of nitrogens with one attached hydrogen (secondary N) is 2. The molecular formula is C37H63N3O4. The molecule has 4 fully saturated rings. The Morgan fingerprint density at radius 2 is 1.82 bits per heavy atom. The maximum atomic E-state index is 12.5. The first-order chi connectivity index (χ1) is 21.0. The number of imidazole rings is 1. The molecule has 3 N–H and O–H groups in total. The van der Waals surface area contributed by atoms with Gasteiger partial charge in [0.25, 0.3) is 0 Å². The van der Waals surface area contributed by atoms with Crippen LogP contribution in [0.3, 0.4) is 0 Å². The van der Waals surface area contributed by atoms with Gasteiger partial charge < -0.3 is 19.6 Å². The molecule has 0 aliphatic heterocycles. The smallest absolute Gasteiger partial charge is 0.434 e. The number of aromatic amines is 1. The summed E-state index contributed by atoms with van der Waals surface area (Å²) in [4.78, 5) is 19.9. The molecule has 44 heavy (non-hydrogen) atoms. The predicted octanol–water partition coefficient (Wildman–Crippen LogP) is 8.28. The van der Waals surface area contributed by atoms with Gasteiger partial charge in [0.05, 0.1) is 18.6 Å². The Morgan fingerprint density at radius 1 is 1.05 bits per heavy atom. The summed E-state index contributed by atoms with van der Waals surface area (Å²) in [5.74, 6) is 4.88. The Hall–Kier alpha value is -1.60. The number of hydrogen-bond donors (Lipinski definition) is 3. The summed E-state index contributed by atoms with van der Waals surface area (Å²) in [6.07, 6.45) is 18.0. The molecule has 1 heterocycles. The lowest BCUT2D eigenvalue weighted by atomic mass is 9.43. The van der Waals surface area contributed by atoms with Crippen LogP contribution in [-0.4, -0.2) is 46.2 Å². The maximum absolute atomic E-state index is 12.5. The van der Waals surface area contributed by atoms with Gasteiger partial charge in [-0.05, 0) is 110 Å². The molecule has 4 aliphatic rings. The van der Waals surface area contributed by atoms with Crippen LogP contribution < -0.4 is 5.32 Å². The zero-order valence-corrected chi connectivity index (χ0v) is 28.7. The lowest BCUT2D eigenvalue weighted by Gasteiger charge is -2.63. The average Bonchev–Trinajstić information content (AvgIpc) is 3.60. The highest BCUT2D eigenvalue weighted by Gasteiger charge is 2.62. The molecule has 3 unspecified atom stereocenters. The number of ether oxygens (including phenoxy) is 2. The quantitative estimate of drug-likeness (QED) is 0.118. The molecule has 0 aromatic carbocycles. The number of rotatable bonds is 13. The standard InChI is InChI=1S/C37H63N3O4/c1-7-8-18-43-35(42)44-27-14-16-37(6)31-15-17-36(5)29(25(4)11-9-10-24(2)3)12-13-30(36)28(31)21-33(32(37)20-27)40-34(41)19-26-22-38-23-39-26/h22-25,27-34,40-41H,7-21H2,1-6H3,(H,38,39)/t25?,27-,28-,29+,30-,31-,32?,33+,34?,36+,37+/m0/s1. The van der Waals surface area contributed by atoms with E-state index < -0.39 is 12.4 Å². The van der Waals surface area contributed by atoms with Gasteiger partial charge in [0, 0.05) is 18.7 Å². The lowest BCUT2D eigenvalue weighted by molar-refractivity contribution is -0.148. The van der Waals surface area contributed by atoms with Crippen molar-refractivity contribution in [2.24, 2.45) is 52.3 Å². The van der Waals surface area contributed by atoms with E-state index in [2.05, 4.69) is 56.8 Å². The van der Waals surface area contributed by atoms with Crippen molar-refractivity contribution >= 4 is 6.16 Å². The Balaban J connectivity index is 1.33. The molecule has 0 radical (unpaired) electrons. The van der Waals surface area contributed by atoms with Crippen LogP contribution in [0.4, 0.5) is 4.79 Å². The van der Waals surface area contributed by atoms with E-state index in [0.29, 0.717) is 36.2 Å². The monoisotopic (exact) mass is 613 g/mol. The second-order valence-corrected chi connectivity index (χ2v) is 16.3. The number of carbonyl (C=O) groups excluding carboxylic acids is 1. The third-order valence-electron chi connectivity index (χ3n) is 13.2. The molecule has 4 aliphatic carbocycles. The van der Waals surface area contributed by atoms with Crippen LogP contribution in [0.5, 0.6) is 0 Å². The molecule has 250 valence electrons. The van der Waals surface area contributed by atoms with Crippen molar-refractivity contribution in [2.75, 3.05) is 6.61 Å². The van der Waals surface area contributed by atoms with E-state index in [0.717, 1.165) is 67.9 Å². The molecule has 4 saturated carbocycles. The summed E-state index contributed by atoms with van der Waals surface area (Å²) in [6.45, 7) is 15.0. The van der Waals surface area contributed by atoms with Gasteiger partial charge in [-0.2, -0.15) is 0 Å². The summed E-state index contributed by atoms with van der Waals surface area (Å²) in [5.41, 5.74) is 1.46. The van der Waals surface area contributed by atoms with Gasteiger partial charge in [-0.25, -0.2) is 9.78 Å². The summed E-state index contributed by atoms with van der Waals surface area (Å²) >= 11 is 0. The number of H-pyrrole nitrogens is 1. The van der Waals surface area contributed by atoms with Crippen LogP contribution in [0, 0.1) is 52.3 Å². The van der Waals surface area contributed by atoms with Gasteiger partial charge in [0.15, 0.2) is 0 Å². The Kier molecular flexibility index (Phi) is 11.1. The fourth-order valence-corrected chi connectivity index (χ4v) is 11.0. The first kappa shape index (κ1) is 33.8. The zero-order valence-electron chi connectivity index (χ0n) is 28.7. The SMILES string of the molecule is CCCCOC(=O)O[C@H]1CC[C@@]2(C)C(C1)[C@H](NC(O)Cc1c[nH]cn1)C[C@H]1[C@@H]3CC[C@H](C(C)CCCC(C)C)[C@@]3(C)CC[C@@H]12. The number of nitrogens with zero attached hydrogens (tertiary/aromatic N) is 1. The van der Waals surface area contributed by atoms with Crippen LogP contribution >= 0.6 is 0 Å². The maximum Gasteiger partial charge on any atom is 0.508 e. The Bertz CT molecular complexity index is 1050. The number of fused-ring (bicyclic) bond motifs is 5. The predicted molar refractivity (Wildman–Crippen MR) is 175 cm³/mol. The molecule has 0 spiro atoms. The van der Waals surface area contributed by atoms with Crippen LogP contribution in [-0.2, 0) is 15.9 Å². The minimum absolute atomic E-state index is 0.122. The Labute approximate surface area is 267 Å². The molecular weight excluding hydrogens is 550 g/mol. The number of hydrogen-bond acceptors (Lipinski definition) is 6. The molecule has 5 rings (SSSR count). The fourth-order valence-electron chi connectivity index (χ4n) is 11.0. The normalized spacial score (nSPS) is 38.0. The summed E-state index contributed by atoms with van der Waals surface area (Å²) in [5, 5.41) is 15.0. The number of carbonyl (C=O) groups is 1. The highest BCUT2D eigenvalue weighted by molar-refractivity contribution is 5.60. The van der Waals surface area contributed by atoms with Crippen molar-refractivity contribution in [1.29, 1.82) is 0 Å². The van der Waals surface area contributed by atoms with Gasteiger partial charge in [0.2, 0.25) is 0 Å². The second-order valence-electron chi connectivity index (χ2n) is 16.3. The van der Waals surface area contributed by atoms with Crippen LogP contribution in [0.2, 0.25) is 0 Å². The van der Waals surface area contributed by atoms with E-state index in [-0.39, 0.29) is 17.6 Å². The molecule has 11 atom stereocenters.